The number of rotatable bonds is 9. The minimum Gasteiger partial charge on any atom is -0.351 e. The second-order valence-corrected chi connectivity index (χ2v) is 6.97. The van der Waals surface area contributed by atoms with Crippen molar-refractivity contribution >= 4 is 17.5 Å². The minimum atomic E-state index is -0.198. The molecule has 0 saturated heterocycles. The highest BCUT2D eigenvalue weighted by Crippen LogP contribution is 2.10. The van der Waals surface area contributed by atoms with E-state index in [1.165, 1.54) is 12.1 Å². The molecule has 7 nitrogen and oxygen atoms in total. The van der Waals surface area contributed by atoms with E-state index in [2.05, 4.69) is 29.4 Å². The lowest BCUT2D eigenvalue weighted by Gasteiger charge is -2.18. The molecule has 0 aliphatic heterocycles. The molecule has 29 heavy (non-hydrogen) atoms. The summed E-state index contributed by atoms with van der Waals surface area (Å²) in [6.45, 7) is 11.2. The van der Waals surface area contributed by atoms with Gasteiger partial charge in [0.05, 0.1) is 0 Å². The Bertz CT molecular complexity index is 873. The van der Waals surface area contributed by atoms with E-state index in [4.69, 9.17) is 0 Å². The van der Waals surface area contributed by atoms with E-state index < -0.39 is 0 Å². The van der Waals surface area contributed by atoms with Crippen LogP contribution in [0.4, 0.5) is 5.69 Å². The Morgan fingerprint density at radius 1 is 1.00 bits per heavy atom. The molecule has 0 atom stereocenters. The Balaban J connectivity index is 1.91. The van der Waals surface area contributed by atoms with Gasteiger partial charge >= 0.3 is 0 Å². The highest BCUT2D eigenvalue weighted by molar-refractivity contribution is 5.95. The first-order valence-corrected chi connectivity index (χ1v) is 9.92. The van der Waals surface area contributed by atoms with Crippen LogP contribution in [0.1, 0.15) is 35.6 Å². The third-order valence-electron chi connectivity index (χ3n) is 4.89. The van der Waals surface area contributed by atoms with Crippen LogP contribution in [0.15, 0.2) is 41.2 Å². The molecule has 1 aromatic carbocycles. The fraction of sp³-hybridized carbons (Fsp3) is 0.409. The molecule has 0 aliphatic rings. The molecule has 0 fully saturated rings. The first-order valence-electron chi connectivity index (χ1n) is 9.92. The molecule has 2 N–H and O–H groups in total. The summed E-state index contributed by atoms with van der Waals surface area (Å²) in [5.74, 6) is -0.328. The van der Waals surface area contributed by atoms with E-state index in [0.29, 0.717) is 17.8 Å². The topological polar surface area (TPSA) is 83.4 Å². The Kier molecular flexibility index (Phi) is 8.15. The summed E-state index contributed by atoms with van der Waals surface area (Å²) in [6.07, 6.45) is 0. The van der Waals surface area contributed by atoms with E-state index in [-0.39, 0.29) is 23.8 Å². The molecule has 2 amide bonds. The van der Waals surface area contributed by atoms with Crippen LogP contribution in [0.25, 0.3) is 0 Å². The summed E-state index contributed by atoms with van der Waals surface area (Å²) >= 11 is 0. The monoisotopic (exact) mass is 398 g/mol. The van der Waals surface area contributed by atoms with Crippen molar-refractivity contribution in [3.05, 3.63) is 63.6 Å². The maximum Gasteiger partial charge on any atom is 0.251 e. The third-order valence-corrected chi connectivity index (χ3v) is 4.89. The average Bonchev–Trinajstić information content (AvgIpc) is 2.68. The lowest BCUT2D eigenvalue weighted by Crippen LogP contribution is -2.34. The maximum atomic E-state index is 12.4. The summed E-state index contributed by atoms with van der Waals surface area (Å²) < 4.78 is 1.79. The van der Waals surface area contributed by atoms with E-state index in [1.54, 1.807) is 42.7 Å². The molecule has 0 spiro atoms. The number of amides is 2. The first-order chi connectivity index (χ1) is 13.8. The number of carbonyl (C=O) groups excluding carboxylic acids is 2. The number of nitrogens with zero attached hydrogens (tertiary/aromatic N) is 2. The van der Waals surface area contributed by atoms with Gasteiger partial charge in [-0.1, -0.05) is 13.8 Å². The van der Waals surface area contributed by atoms with E-state index in [1.807, 2.05) is 0 Å². The van der Waals surface area contributed by atoms with E-state index in [0.717, 1.165) is 31.0 Å². The lowest BCUT2D eigenvalue weighted by molar-refractivity contribution is -0.116. The van der Waals surface area contributed by atoms with Crippen LogP contribution >= 0.6 is 0 Å². The normalized spacial score (nSPS) is 10.8. The zero-order valence-electron chi connectivity index (χ0n) is 17.6. The summed E-state index contributed by atoms with van der Waals surface area (Å²) in [7, 11) is 0. The van der Waals surface area contributed by atoms with Crippen LogP contribution < -0.4 is 16.1 Å². The first kappa shape index (κ1) is 22.4. The number of aryl methyl sites for hydroxylation is 2. The van der Waals surface area contributed by atoms with Crippen molar-refractivity contribution in [1.29, 1.82) is 0 Å². The number of aromatic nitrogens is 1. The van der Waals surface area contributed by atoms with Crippen molar-refractivity contribution in [2.75, 3.05) is 31.5 Å². The number of hydrogen-bond donors (Lipinski definition) is 2. The molecule has 0 radical (unpaired) electrons. The van der Waals surface area contributed by atoms with Gasteiger partial charge in [0.2, 0.25) is 5.91 Å². The summed E-state index contributed by atoms with van der Waals surface area (Å²) in [4.78, 5) is 38.3. The van der Waals surface area contributed by atoms with Gasteiger partial charge in [0.15, 0.2) is 5.43 Å². The minimum absolute atomic E-state index is 0.0670. The average molecular weight is 399 g/mol. The number of likely N-dealkylation sites (N-methyl/N-ethyl adjacent to an activating group) is 1. The standard InChI is InChI=1S/C22H30N4O3/c1-5-25(6-2)12-11-23-22(29)18-7-9-19(10-8-18)24-21(28)15-26-16(3)13-20(27)14-17(26)4/h7-10,13-14H,5-6,11-12,15H2,1-4H3,(H,23,29)(H,24,28). The van der Waals surface area contributed by atoms with Gasteiger partial charge in [0, 0.05) is 47.9 Å². The van der Waals surface area contributed by atoms with Gasteiger partial charge in [-0.2, -0.15) is 0 Å². The number of hydrogen-bond acceptors (Lipinski definition) is 4. The number of anilines is 1. The fourth-order valence-corrected chi connectivity index (χ4v) is 3.16. The number of carbonyl (C=O) groups is 2. The maximum absolute atomic E-state index is 12.4. The third kappa shape index (κ3) is 6.57. The van der Waals surface area contributed by atoms with Crippen LogP contribution in [-0.4, -0.2) is 47.5 Å². The molecule has 1 aromatic heterocycles. The SMILES string of the molecule is CCN(CC)CCNC(=O)c1ccc(NC(=O)Cn2c(C)cc(=O)cc2C)cc1. The number of benzene rings is 1. The van der Waals surface area contributed by atoms with Gasteiger partial charge in [-0.15, -0.1) is 0 Å². The second-order valence-electron chi connectivity index (χ2n) is 6.97. The highest BCUT2D eigenvalue weighted by Gasteiger charge is 2.09. The zero-order chi connectivity index (χ0) is 21.4. The Morgan fingerprint density at radius 3 is 2.14 bits per heavy atom. The van der Waals surface area contributed by atoms with Gasteiger partial charge in [-0.05, 0) is 51.2 Å². The lowest BCUT2D eigenvalue weighted by atomic mass is 10.2. The van der Waals surface area contributed by atoms with Crippen molar-refractivity contribution in [1.82, 2.24) is 14.8 Å². The summed E-state index contributed by atoms with van der Waals surface area (Å²) in [5.41, 5.74) is 2.58. The Hall–Kier alpha value is -2.93. The van der Waals surface area contributed by atoms with Gasteiger partial charge in [0.25, 0.3) is 5.91 Å². The van der Waals surface area contributed by atoms with Crippen molar-refractivity contribution in [2.24, 2.45) is 0 Å². The zero-order valence-corrected chi connectivity index (χ0v) is 17.6. The van der Waals surface area contributed by atoms with Crippen LogP contribution in [-0.2, 0) is 11.3 Å². The molecule has 0 saturated carbocycles. The molecule has 156 valence electrons. The second kappa shape index (κ2) is 10.6. The number of pyridine rings is 1. The molecule has 0 unspecified atom stereocenters. The largest absolute Gasteiger partial charge is 0.351 e. The van der Waals surface area contributed by atoms with Gasteiger partial charge < -0.3 is 20.1 Å². The summed E-state index contributed by atoms with van der Waals surface area (Å²) in [6, 6.07) is 9.82. The van der Waals surface area contributed by atoms with Gasteiger partial charge in [-0.25, -0.2) is 0 Å². The van der Waals surface area contributed by atoms with Crippen LogP contribution in [0.3, 0.4) is 0 Å². The number of nitrogens with one attached hydrogen (secondary N) is 2. The van der Waals surface area contributed by atoms with Crippen LogP contribution in [0.2, 0.25) is 0 Å². The molecule has 0 aliphatic carbocycles. The van der Waals surface area contributed by atoms with Crippen LogP contribution in [0.5, 0.6) is 0 Å². The van der Waals surface area contributed by atoms with Crippen LogP contribution in [0, 0.1) is 13.8 Å². The smallest absolute Gasteiger partial charge is 0.251 e. The molecule has 7 heteroatoms. The summed E-state index contributed by atoms with van der Waals surface area (Å²) in [5, 5.41) is 5.73. The predicted molar refractivity (Wildman–Crippen MR) is 115 cm³/mol. The molecule has 1 heterocycles. The van der Waals surface area contributed by atoms with E-state index >= 15 is 0 Å². The Morgan fingerprint density at radius 2 is 1.59 bits per heavy atom. The molecule has 2 rings (SSSR count). The van der Waals surface area contributed by atoms with Crippen molar-refractivity contribution in [3.63, 3.8) is 0 Å². The van der Waals surface area contributed by atoms with E-state index in [9.17, 15) is 14.4 Å². The highest BCUT2D eigenvalue weighted by atomic mass is 16.2. The van der Waals surface area contributed by atoms with Crippen molar-refractivity contribution in [2.45, 2.75) is 34.2 Å². The molecule has 2 aromatic rings. The van der Waals surface area contributed by atoms with Crippen molar-refractivity contribution in [3.8, 4) is 0 Å². The van der Waals surface area contributed by atoms with Crippen molar-refractivity contribution < 1.29 is 9.59 Å². The molecular formula is C22H30N4O3. The molecular weight excluding hydrogens is 368 g/mol. The quantitative estimate of drug-likeness (QED) is 0.678. The van der Waals surface area contributed by atoms with Gasteiger partial charge in [0.1, 0.15) is 6.54 Å². The predicted octanol–water partition coefficient (Wildman–Crippen LogP) is 2.18. The molecule has 0 bridgehead atoms. The van der Waals surface area contributed by atoms with Gasteiger partial charge in [-0.3, -0.25) is 14.4 Å². The fourth-order valence-electron chi connectivity index (χ4n) is 3.16. The Labute approximate surface area is 171 Å².